The summed E-state index contributed by atoms with van der Waals surface area (Å²) in [5.41, 5.74) is 5.45. The lowest BCUT2D eigenvalue weighted by Crippen LogP contribution is -2.51. The van der Waals surface area contributed by atoms with Crippen molar-refractivity contribution in [2.45, 2.75) is 6.42 Å². The van der Waals surface area contributed by atoms with Crippen molar-refractivity contribution in [1.82, 2.24) is 4.98 Å². The topological polar surface area (TPSA) is 95.8 Å². The molecule has 2 rings (SSSR count). The highest BCUT2D eigenvalue weighted by Crippen LogP contribution is 2.34. The number of methoxy groups -OCH3 is 1. The number of ether oxygens (including phenoxy) is 1. The lowest BCUT2D eigenvalue weighted by atomic mass is 10.1. The van der Waals surface area contributed by atoms with Crippen molar-refractivity contribution in [2.24, 2.45) is 0 Å². The van der Waals surface area contributed by atoms with E-state index in [0.29, 0.717) is 29.6 Å². The normalized spacial score (nSPS) is 10.7. The third-order valence-corrected chi connectivity index (χ3v) is 2.72. The lowest BCUT2D eigenvalue weighted by Gasteiger charge is -2.03. The predicted octanol–water partition coefficient (Wildman–Crippen LogP) is 0.869. The molecule has 1 heterocycles. The average molecular weight is 236 g/mol. The Labute approximate surface area is 97.5 Å². The maximum Gasteiger partial charge on any atom is 0.279 e. The number of nitro benzene ring substituents is 1. The number of aromatic nitrogens is 1. The summed E-state index contributed by atoms with van der Waals surface area (Å²) >= 11 is 0. The molecule has 6 nitrogen and oxygen atoms in total. The van der Waals surface area contributed by atoms with Gasteiger partial charge in [-0.05, 0) is 11.6 Å². The van der Waals surface area contributed by atoms with Crippen LogP contribution in [0.2, 0.25) is 0 Å². The summed E-state index contributed by atoms with van der Waals surface area (Å²) < 4.78 is 5.18. The van der Waals surface area contributed by atoms with Gasteiger partial charge in [0.05, 0.1) is 29.5 Å². The number of nitrogens with zero attached hydrogens (tertiary/aromatic N) is 1. The van der Waals surface area contributed by atoms with Gasteiger partial charge >= 0.3 is 0 Å². The molecule has 0 radical (unpaired) electrons. The number of hydrogen-bond acceptors (Lipinski definition) is 3. The van der Waals surface area contributed by atoms with Crippen LogP contribution in [0, 0.1) is 10.1 Å². The highest BCUT2D eigenvalue weighted by Gasteiger charge is 2.19. The molecule has 0 fully saturated rings. The quantitative estimate of drug-likeness (QED) is 0.609. The molecule has 0 aliphatic rings. The third-order valence-electron chi connectivity index (χ3n) is 2.72. The van der Waals surface area contributed by atoms with Gasteiger partial charge in [-0.15, -0.1) is 0 Å². The SMILES string of the molecule is COc1ccc([N+](=O)[O-])c2c(CC[NH3+])c[nH]c12. The number of nitrogens with one attached hydrogen (secondary N) is 1. The smallest absolute Gasteiger partial charge is 0.279 e. The molecule has 0 spiro atoms. The molecular weight excluding hydrogens is 222 g/mol. The van der Waals surface area contributed by atoms with E-state index in [9.17, 15) is 10.1 Å². The van der Waals surface area contributed by atoms with Gasteiger partial charge in [0.1, 0.15) is 5.75 Å². The molecule has 0 atom stereocenters. The fraction of sp³-hybridized carbons (Fsp3) is 0.273. The Morgan fingerprint density at radius 3 is 2.88 bits per heavy atom. The van der Waals surface area contributed by atoms with Crippen LogP contribution >= 0.6 is 0 Å². The van der Waals surface area contributed by atoms with Crippen LogP contribution in [0.15, 0.2) is 18.3 Å². The number of benzene rings is 1. The maximum atomic E-state index is 11.0. The first-order chi connectivity index (χ1) is 8.19. The van der Waals surface area contributed by atoms with E-state index in [0.717, 1.165) is 5.56 Å². The zero-order chi connectivity index (χ0) is 12.4. The zero-order valence-electron chi connectivity index (χ0n) is 9.53. The van der Waals surface area contributed by atoms with E-state index in [1.165, 1.54) is 6.07 Å². The lowest BCUT2D eigenvalue weighted by molar-refractivity contribution is -0.383. The van der Waals surface area contributed by atoms with Crippen LogP contribution < -0.4 is 10.5 Å². The fourth-order valence-electron chi connectivity index (χ4n) is 1.98. The van der Waals surface area contributed by atoms with Gasteiger partial charge in [-0.1, -0.05) is 0 Å². The molecule has 1 aromatic heterocycles. The summed E-state index contributed by atoms with van der Waals surface area (Å²) in [4.78, 5) is 13.7. The van der Waals surface area contributed by atoms with Crippen LogP contribution in [-0.2, 0) is 6.42 Å². The Balaban J connectivity index is 2.74. The minimum Gasteiger partial charge on any atom is -0.495 e. The van der Waals surface area contributed by atoms with Crippen LogP contribution in [-0.4, -0.2) is 23.6 Å². The molecule has 6 heteroatoms. The first-order valence-corrected chi connectivity index (χ1v) is 5.29. The third kappa shape index (κ3) is 1.83. The largest absolute Gasteiger partial charge is 0.495 e. The molecule has 0 aliphatic carbocycles. The second-order valence-corrected chi connectivity index (χ2v) is 3.71. The van der Waals surface area contributed by atoms with Crippen molar-refractivity contribution in [3.63, 3.8) is 0 Å². The number of hydrogen-bond donors (Lipinski definition) is 2. The molecule has 0 unspecified atom stereocenters. The van der Waals surface area contributed by atoms with Crippen molar-refractivity contribution in [1.29, 1.82) is 0 Å². The van der Waals surface area contributed by atoms with E-state index in [1.54, 1.807) is 19.4 Å². The van der Waals surface area contributed by atoms with E-state index < -0.39 is 0 Å². The average Bonchev–Trinajstić information content (AvgIpc) is 2.72. The highest BCUT2D eigenvalue weighted by molar-refractivity contribution is 5.95. The number of aromatic amines is 1. The van der Waals surface area contributed by atoms with Gasteiger partial charge in [-0.2, -0.15) is 0 Å². The second kappa shape index (κ2) is 4.42. The Morgan fingerprint density at radius 1 is 1.53 bits per heavy atom. The van der Waals surface area contributed by atoms with Crippen molar-refractivity contribution < 1.29 is 15.4 Å². The van der Waals surface area contributed by atoms with Crippen molar-refractivity contribution in [3.8, 4) is 5.75 Å². The standard InChI is InChI=1S/C11H13N3O3/c1-17-9-3-2-8(14(15)16)10-7(4-5-12)6-13-11(9)10/h2-3,6,13H,4-5,12H2,1H3/p+1. The number of H-pyrrole nitrogens is 1. The number of non-ortho nitro benzene ring substituents is 1. The maximum absolute atomic E-state index is 11.0. The summed E-state index contributed by atoms with van der Waals surface area (Å²) in [5, 5.41) is 11.6. The van der Waals surface area contributed by atoms with Crippen molar-refractivity contribution >= 4 is 16.6 Å². The van der Waals surface area contributed by atoms with Gasteiger partial charge in [-0.3, -0.25) is 10.1 Å². The van der Waals surface area contributed by atoms with Crippen LogP contribution in [0.1, 0.15) is 5.56 Å². The van der Waals surface area contributed by atoms with E-state index in [4.69, 9.17) is 4.74 Å². The summed E-state index contributed by atoms with van der Waals surface area (Å²) in [7, 11) is 1.54. The molecule has 0 bridgehead atoms. The first kappa shape index (κ1) is 11.4. The summed E-state index contributed by atoms with van der Waals surface area (Å²) in [6, 6.07) is 3.08. The molecule has 0 aliphatic heterocycles. The number of nitro groups is 1. The van der Waals surface area contributed by atoms with Crippen LogP contribution in [0.5, 0.6) is 5.75 Å². The van der Waals surface area contributed by atoms with E-state index in [-0.39, 0.29) is 10.6 Å². The van der Waals surface area contributed by atoms with Gasteiger partial charge in [0.15, 0.2) is 0 Å². The Morgan fingerprint density at radius 2 is 2.29 bits per heavy atom. The van der Waals surface area contributed by atoms with Gasteiger partial charge in [-0.25, -0.2) is 0 Å². The highest BCUT2D eigenvalue weighted by atomic mass is 16.6. The van der Waals surface area contributed by atoms with Crippen molar-refractivity contribution in [2.75, 3.05) is 13.7 Å². The van der Waals surface area contributed by atoms with E-state index in [2.05, 4.69) is 10.7 Å². The molecule has 2 aromatic rings. The van der Waals surface area contributed by atoms with Gasteiger partial charge in [0.2, 0.25) is 0 Å². The Hall–Kier alpha value is -2.08. The molecule has 0 saturated heterocycles. The molecule has 17 heavy (non-hydrogen) atoms. The van der Waals surface area contributed by atoms with E-state index >= 15 is 0 Å². The number of fused-ring (bicyclic) bond motifs is 1. The summed E-state index contributed by atoms with van der Waals surface area (Å²) in [5.74, 6) is 0.612. The molecule has 4 N–H and O–H groups in total. The second-order valence-electron chi connectivity index (χ2n) is 3.71. The summed E-state index contributed by atoms with van der Waals surface area (Å²) in [6.45, 7) is 0.696. The predicted molar refractivity (Wildman–Crippen MR) is 63.0 cm³/mol. The van der Waals surface area contributed by atoms with Gasteiger partial charge in [0, 0.05) is 18.7 Å². The minimum atomic E-state index is -0.373. The van der Waals surface area contributed by atoms with Crippen LogP contribution in [0.4, 0.5) is 5.69 Å². The fourth-order valence-corrected chi connectivity index (χ4v) is 1.98. The van der Waals surface area contributed by atoms with E-state index in [1.807, 2.05) is 0 Å². The van der Waals surface area contributed by atoms with Crippen molar-refractivity contribution in [3.05, 3.63) is 34.0 Å². The van der Waals surface area contributed by atoms with Crippen LogP contribution in [0.3, 0.4) is 0 Å². The van der Waals surface area contributed by atoms with Gasteiger partial charge in [0.25, 0.3) is 5.69 Å². The molecule has 0 saturated carbocycles. The monoisotopic (exact) mass is 236 g/mol. The molecular formula is C11H14N3O3+. The number of quaternary nitrogens is 1. The molecule has 90 valence electrons. The van der Waals surface area contributed by atoms with Crippen LogP contribution in [0.25, 0.3) is 10.9 Å². The molecule has 0 amide bonds. The zero-order valence-corrected chi connectivity index (χ0v) is 9.53. The first-order valence-electron chi connectivity index (χ1n) is 5.29. The summed E-state index contributed by atoms with van der Waals surface area (Å²) in [6.07, 6.45) is 2.49. The van der Waals surface area contributed by atoms with Gasteiger partial charge < -0.3 is 15.5 Å². The number of rotatable bonds is 4. The minimum absolute atomic E-state index is 0.102. The molecule has 1 aromatic carbocycles. The Bertz CT molecular complexity index is 562. The Kier molecular flexibility index (Phi) is 2.97.